The van der Waals surface area contributed by atoms with E-state index in [0.717, 1.165) is 12.8 Å². The molecule has 0 amide bonds. The van der Waals surface area contributed by atoms with Crippen LogP contribution in [0.3, 0.4) is 0 Å². The number of hydrogen-bond acceptors (Lipinski definition) is 2. The van der Waals surface area contributed by atoms with Crippen LogP contribution in [0.1, 0.15) is 52.4 Å². The second-order valence-electron chi connectivity index (χ2n) is 5.69. The van der Waals surface area contributed by atoms with Gasteiger partial charge in [-0.15, -0.1) is 0 Å². The van der Waals surface area contributed by atoms with Gasteiger partial charge in [-0.1, -0.05) is 20.3 Å². The summed E-state index contributed by atoms with van der Waals surface area (Å²) in [5, 5.41) is 0. The summed E-state index contributed by atoms with van der Waals surface area (Å²) < 4.78 is 5.89. The van der Waals surface area contributed by atoms with E-state index >= 15 is 0 Å². The third-order valence-electron chi connectivity index (χ3n) is 3.60. The van der Waals surface area contributed by atoms with Crippen LogP contribution in [0, 0.1) is 5.41 Å². The zero-order valence-corrected chi connectivity index (χ0v) is 9.27. The lowest BCUT2D eigenvalue weighted by Crippen LogP contribution is -2.46. The molecule has 0 aromatic carbocycles. The molecule has 1 spiro atoms. The molecule has 2 heteroatoms. The Hall–Kier alpha value is -0.370. The van der Waals surface area contributed by atoms with Gasteiger partial charge in [-0.2, -0.15) is 0 Å². The van der Waals surface area contributed by atoms with Gasteiger partial charge in [-0.3, -0.25) is 4.79 Å². The van der Waals surface area contributed by atoms with E-state index < -0.39 is 0 Å². The molecule has 1 unspecified atom stereocenters. The summed E-state index contributed by atoms with van der Waals surface area (Å²) in [6.07, 6.45) is 5.92. The van der Waals surface area contributed by atoms with Crippen molar-refractivity contribution in [3.05, 3.63) is 0 Å². The normalized spacial score (nSPS) is 37.4. The Morgan fingerprint density at radius 2 is 2.07 bits per heavy atom. The minimum Gasteiger partial charge on any atom is -0.374 e. The van der Waals surface area contributed by atoms with Crippen molar-refractivity contribution in [3.8, 4) is 0 Å². The van der Waals surface area contributed by atoms with Crippen molar-refractivity contribution in [2.75, 3.05) is 6.61 Å². The van der Waals surface area contributed by atoms with E-state index in [-0.39, 0.29) is 5.60 Å². The Kier molecular flexibility index (Phi) is 2.42. The van der Waals surface area contributed by atoms with E-state index in [2.05, 4.69) is 13.8 Å². The van der Waals surface area contributed by atoms with Crippen molar-refractivity contribution in [1.29, 1.82) is 0 Å². The van der Waals surface area contributed by atoms with Crippen molar-refractivity contribution >= 4 is 5.78 Å². The maximum absolute atomic E-state index is 11.5. The Labute approximate surface area is 86.0 Å². The predicted octanol–water partition coefficient (Wildman–Crippen LogP) is 2.70. The predicted molar refractivity (Wildman–Crippen MR) is 55.2 cm³/mol. The fourth-order valence-electron chi connectivity index (χ4n) is 3.09. The number of Topliss-reactive ketones (excluding diaryl/α,β-unsaturated/α-hetero) is 1. The van der Waals surface area contributed by atoms with E-state index in [9.17, 15) is 4.79 Å². The first-order valence-corrected chi connectivity index (χ1v) is 5.67. The monoisotopic (exact) mass is 196 g/mol. The van der Waals surface area contributed by atoms with Crippen LogP contribution in [-0.2, 0) is 9.53 Å². The molecule has 2 rings (SSSR count). The lowest BCUT2D eigenvalue weighted by atomic mass is 9.67. The summed E-state index contributed by atoms with van der Waals surface area (Å²) >= 11 is 0. The van der Waals surface area contributed by atoms with Crippen LogP contribution in [0.5, 0.6) is 0 Å². The maximum Gasteiger partial charge on any atom is 0.138 e. The van der Waals surface area contributed by atoms with Crippen molar-refractivity contribution in [1.82, 2.24) is 0 Å². The third kappa shape index (κ3) is 2.00. The number of carbonyl (C=O) groups excluding carboxylic acids is 1. The highest BCUT2D eigenvalue weighted by atomic mass is 16.5. The molecule has 1 atom stereocenters. The Morgan fingerprint density at radius 3 is 2.71 bits per heavy atom. The standard InChI is InChI=1S/C12H20O2/c1-11(2)5-3-6-12(9-11)8-10(13)4-7-14-12/h3-9H2,1-2H3. The van der Waals surface area contributed by atoms with Crippen molar-refractivity contribution < 1.29 is 9.53 Å². The second-order valence-corrected chi connectivity index (χ2v) is 5.69. The third-order valence-corrected chi connectivity index (χ3v) is 3.60. The molecule has 0 radical (unpaired) electrons. The van der Waals surface area contributed by atoms with Crippen LogP contribution in [0.15, 0.2) is 0 Å². The van der Waals surface area contributed by atoms with E-state index in [1.807, 2.05) is 0 Å². The van der Waals surface area contributed by atoms with Gasteiger partial charge in [0.2, 0.25) is 0 Å². The van der Waals surface area contributed by atoms with Gasteiger partial charge in [0.05, 0.1) is 12.2 Å². The summed E-state index contributed by atoms with van der Waals surface area (Å²) in [6, 6.07) is 0. The van der Waals surface area contributed by atoms with Gasteiger partial charge in [-0.25, -0.2) is 0 Å². The molecular weight excluding hydrogens is 176 g/mol. The number of ketones is 1. The zero-order valence-electron chi connectivity index (χ0n) is 9.27. The SMILES string of the molecule is CC1(C)CCCC2(CC(=O)CCO2)C1. The smallest absolute Gasteiger partial charge is 0.138 e. The minimum atomic E-state index is -0.0862. The molecule has 0 aromatic rings. The fraction of sp³-hybridized carbons (Fsp3) is 0.917. The molecule has 0 N–H and O–H groups in total. The average molecular weight is 196 g/mol. The van der Waals surface area contributed by atoms with Gasteiger partial charge in [0.25, 0.3) is 0 Å². The van der Waals surface area contributed by atoms with Gasteiger partial charge in [0.15, 0.2) is 0 Å². The van der Waals surface area contributed by atoms with Crippen molar-refractivity contribution in [3.63, 3.8) is 0 Å². The largest absolute Gasteiger partial charge is 0.374 e. The van der Waals surface area contributed by atoms with Crippen molar-refractivity contribution in [2.24, 2.45) is 5.41 Å². The molecule has 1 saturated carbocycles. The molecule has 1 heterocycles. The van der Waals surface area contributed by atoms with E-state index in [4.69, 9.17) is 4.74 Å². The molecule has 14 heavy (non-hydrogen) atoms. The Morgan fingerprint density at radius 1 is 1.29 bits per heavy atom. The summed E-state index contributed by atoms with van der Waals surface area (Å²) in [5.74, 6) is 0.397. The van der Waals surface area contributed by atoms with Gasteiger partial charge in [0, 0.05) is 12.8 Å². The molecular formula is C12H20O2. The van der Waals surface area contributed by atoms with Crippen LogP contribution in [0.25, 0.3) is 0 Å². The summed E-state index contributed by atoms with van der Waals surface area (Å²) in [6.45, 7) is 5.22. The molecule has 0 bridgehead atoms. The maximum atomic E-state index is 11.5. The number of carbonyl (C=O) groups is 1. The summed E-state index contributed by atoms with van der Waals surface area (Å²) in [4.78, 5) is 11.5. The lowest BCUT2D eigenvalue weighted by molar-refractivity contribution is -0.152. The van der Waals surface area contributed by atoms with Crippen molar-refractivity contribution in [2.45, 2.75) is 58.0 Å². The molecule has 80 valence electrons. The Bertz CT molecular complexity index is 241. The highest BCUT2D eigenvalue weighted by molar-refractivity contribution is 5.80. The average Bonchev–Trinajstić information content (AvgIpc) is 2.00. The quantitative estimate of drug-likeness (QED) is 0.595. The summed E-state index contributed by atoms with van der Waals surface area (Å²) in [7, 11) is 0. The number of rotatable bonds is 0. The molecule has 1 aliphatic heterocycles. The molecule has 1 aliphatic carbocycles. The molecule has 2 fully saturated rings. The first kappa shape index (κ1) is 10.2. The van der Waals surface area contributed by atoms with Crippen LogP contribution in [-0.4, -0.2) is 18.0 Å². The summed E-state index contributed by atoms with van der Waals surface area (Å²) in [5.41, 5.74) is 0.271. The molecule has 1 saturated heterocycles. The topological polar surface area (TPSA) is 26.3 Å². The number of hydrogen-bond donors (Lipinski definition) is 0. The van der Waals surface area contributed by atoms with Crippen LogP contribution >= 0.6 is 0 Å². The number of ether oxygens (including phenoxy) is 1. The van der Waals surface area contributed by atoms with Gasteiger partial charge < -0.3 is 4.74 Å². The highest BCUT2D eigenvalue weighted by Crippen LogP contribution is 2.45. The van der Waals surface area contributed by atoms with Crippen LogP contribution in [0.4, 0.5) is 0 Å². The molecule has 2 nitrogen and oxygen atoms in total. The van der Waals surface area contributed by atoms with Gasteiger partial charge in [-0.05, 0) is 24.7 Å². The van der Waals surface area contributed by atoms with E-state index in [1.54, 1.807) is 0 Å². The minimum absolute atomic E-state index is 0.0862. The van der Waals surface area contributed by atoms with Crippen LogP contribution in [0.2, 0.25) is 0 Å². The second kappa shape index (κ2) is 3.34. The molecule has 2 aliphatic rings. The fourth-order valence-corrected chi connectivity index (χ4v) is 3.09. The highest BCUT2D eigenvalue weighted by Gasteiger charge is 2.43. The Balaban J connectivity index is 2.10. The van der Waals surface area contributed by atoms with Gasteiger partial charge in [0.1, 0.15) is 5.78 Å². The van der Waals surface area contributed by atoms with E-state index in [1.165, 1.54) is 12.8 Å². The molecule has 0 aromatic heterocycles. The lowest BCUT2D eigenvalue weighted by Gasteiger charge is -2.46. The first-order chi connectivity index (χ1) is 6.52. The zero-order chi connectivity index (χ0) is 10.2. The van der Waals surface area contributed by atoms with E-state index in [0.29, 0.717) is 30.6 Å². The van der Waals surface area contributed by atoms with Crippen LogP contribution < -0.4 is 0 Å². The first-order valence-electron chi connectivity index (χ1n) is 5.67. The van der Waals surface area contributed by atoms with Gasteiger partial charge >= 0.3 is 0 Å².